The molecule has 3 saturated heterocycles. The number of rotatable bonds is 8. The van der Waals surface area contributed by atoms with E-state index in [0.717, 1.165) is 89.7 Å². The minimum atomic E-state index is 0.205. The number of ketones is 2. The molecule has 2 aromatic rings. The van der Waals surface area contributed by atoms with Gasteiger partial charge in [0.1, 0.15) is 0 Å². The summed E-state index contributed by atoms with van der Waals surface area (Å²) in [4.78, 5) is 39.4. The molecule has 0 aromatic heterocycles. The molecule has 3 aliphatic rings. The fourth-order valence-electron chi connectivity index (χ4n) is 5.54. The molecule has 5 rings (SSSR count). The Morgan fingerprint density at radius 3 is 1.13 bits per heavy atom. The van der Waals surface area contributed by atoms with Crippen molar-refractivity contribution in [2.24, 2.45) is 0 Å². The highest BCUT2D eigenvalue weighted by atomic mass is 16.1. The first-order valence-electron chi connectivity index (χ1n) is 14.0. The van der Waals surface area contributed by atoms with Crippen LogP contribution >= 0.6 is 0 Å². The normalized spacial score (nSPS) is 20.6. The second kappa shape index (κ2) is 12.4. The molecule has 0 atom stereocenters. The summed E-state index contributed by atoms with van der Waals surface area (Å²) in [5, 5.41) is 0. The molecule has 0 radical (unpaired) electrons. The van der Waals surface area contributed by atoms with E-state index < -0.39 is 0 Å². The zero-order valence-corrected chi connectivity index (χ0v) is 23.0. The number of benzene rings is 2. The lowest BCUT2D eigenvalue weighted by Crippen LogP contribution is -2.46. The first kappa shape index (κ1) is 26.8. The zero-order valence-electron chi connectivity index (χ0n) is 23.0. The molecular weight excluding hydrogens is 476 g/mol. The molecule has 2 aromatic carbocycles. The van der Waals surface area contributed by atoms with Crippen LogP contribution in [0, 0.1) is 0 Å². The SMILES string of the molecule is CN1CCN(CC(=O)c2ccc(N3CCN(c4ccc(C(=O)CN5CCN(C)CC5)cc4)CC3)cc2)CC1. The van der Waals surface area contributed by atoms with E-state index in [2.05, 4.69) is 67.8 Å². The third kappa shape index (κ3) is 6.80. The third-order valence-corrected chi connectivity index (χ3v) is 8.31. The summed E-state index contributed by atoms with van der Waals surface area (Å²) in [5.74, 6) is 0.410. The maximum atomic E-state index is 12.8. The summed E-state index contributed by atoms with van der Waals surface area (Å²) < 4.78 is 0. The number of Topliss-reactive ketones (excluding diaryl/α,β-unsaturated/α-hetero) is 2. The quantitative estimate of drug-likeness (QED) is 0.491. The highest BCUT2D eigenvalue weighted by molar-refractivity contribution is 5.98. The topological polar surface area (TPSA) is 53.6 Å². The van der Waals surface area contributed by atoms with Gasteiger partial charge in [-0.2, -0.15) is 0 Å². The predicted octanol–water partition coefficient (Wildman–Crippen LogP) is 1.87. The van der Waals surface area contributed by atoms with Gasteiger partial charge >= 0.3 is 0 Å². The molecule has 38 heavy (non-hydrogen) atoms. The van der Waals surface area contributed by atoms with Gasteiger partial charge in [-0.15, -0.1) is 0 Å². The number of carbonyl (C=O) groups is 2. The van der Waals surface area contributed by atoms with Gasteiger partial charge < -0.3 is 19.6 Å². The lowest BCUT2D eigenvalue weighted by atomic mass is 10.1. The van der Waals surface area contributed by atoms with Gasteiger partial charge in [-0.1, -0.05) is 0 Å². The predicted molar refractivity (Wildman–Crippen MR) is 154 cm³/mol. The first-order chi connectivity index (χ1) is 18.4. The van der Waals surface area contributed by atoms with Crippen LogP contribution in [0.25, 0.3) is 0 Å². The summed E-state index contributed by atoms with van der Waals surface area (Å²) in [6, 6.07) is 16.3. The first-order valence-corrected chi connectivity index (χ1v) is 14.0. The van der Waals surface area contributed by atoms with Crippen molar-refractivity contribution in [3.05, 3.63) is 59.7 Å². The van der Waals surface area contributed by atoms with Gasteiger partial charge in [0.15, 0.2) is 11.6 Å². The fourth-order valence-corrected chi connectivity index (χ4v) is 5.54. The van der Waals surface area contributed by atoms with Gasteiger partial charge in [0.25, 0.3) is 0 Å². The molecule has 0 saturated carbocycles. The smallest absolute Gasteiger partial charge is 0.176 e. The van der Waals surface area contributed by atoms with E-state index in [1.807, 2.05) is 24.3 Å². The van der Waals surface area contributed by atoms with Crippen LogP contribution in [0.15, 0.2) is 48.5 Å². The van der Waals surface area contributed by atoms with Crippen molar-refractivity contribution in [1.29, 1.82) is 0 Å². The van der Waals surface area contributed by atoms with Crippen molar-refractivity contribution in [2.45, 2.75) is 0 Å². The van der Waals surface area contributed by atoms with Crippen molar-refractivity contribution in [2.75, 3.05) is 116 Å². The van der Waals surface area contributed by atoms with Gasteiger partial charge in [0, 0.05) is 101 Å². The molecule has 0 spiro atoms. The van der Waals surface area contributed by atoms with Crippen molar-refractivity contribution >= 4 is 22.9 Å². The number of hydrogen-bond acceptors (Lipinski definition) is 8. The summed E-state index contributed by atoms with van der Waals surface area (Å²) in [5.41, 5.74) is 3.94. The third-order valence-electron chi connectivity index (χ3n) is 8.31. The second-order valence-electron chi connectivity index (χ2n) is 11.1. The average molecular weight is 519 g/mol. The average Bonchev–Trinajstić information content (AvgIpc) is 2.96. The molecule has 0 aliphatic carbocycles. The van der Waals surface area contributed by atoms with Crippen LogP contribution in [0.5, 0.6) is 0 Å². The maximum absolute atomic E-state index is 12.8. The van der Waals surface area contributed by atoms with Crippen molar-refractivity contribution in [1.82, 2.24) is 19.6 Å². The lowest BCUT2D eigenvalue weighted by molar-refractivity contribution is 0.0869. The Bertz CT molecular complexity index is 977. The van der Waals surface area contributed by atoms with Crippen molar-refractivity contribution in [3.8, 4) is 0 Å². The van der Waals surface area contributed by atoms with Crippen molar-refractivity contribution < 1.29 is 9.59 Å². The Morgan fingerprint density at radius 2 is 0.816 bits per heavy atom. The Balaban J connectivity index is 1.08. The fraction of sp³-hybridized carbons (Fsp3) is 0.533. The molecule has 0 bridgehead atoms. The standard InChI is InChI=1S/C30H42N6O2/c1-31-11-15-33(16-12-31)23-29(37)25-3-7-27(8-4-25)35-19-21-36(22-20-35)28-9-5-26(6-10-28)30(38)24-34-17-13-32(2)14-18-34/h3-10H,11-24H2,1-2H3. The van der Waals surface area contributed by atoms with E-state index in [4.69, 9.17) is 0 Å². The van der Waals surface area contributed by atoms with Gasteiger partial charge in [-0.05, 0) is 62.6 Å². The van der Waals surface area contributed by atoms with E-state index >= 15 is 0 Å². The summed E-state index contributed by atoms with van der Waals surface area (Å²) in [6.45, 7) is 12.7. The molecule has 3 fully saturated rings. The van der Waals surface area contributed by atoms with Crippen LogP contribution in [-0.4, -0.2) is 137 Å². The molecule has 3 heterocycles. The van der Waals surface area contributed by atoms with Gasteiger partial charge in [-0.3, -0.25) is 19.4 Å². The van der Waals surface area contributed by atoms with Crippen LogP contribution in [-0.2, 0) is 0 Å². The number of carbonyl (C=O) groups excluding carboxylic acids is 2. The number of nitrogens with zero attached hydrogens (tertiary/aromatic N) is 6. The molecule has 204 valence electrons. The van der Waals surface area contributed by atoms with E-state index in [1.165, 1.54) is 11.4 Å². The molecule has 0 unspecified atom stereocenters. The maximum Gasteiger partial charge on any atom is 0.176 e. The van der Waals surface area contributed by atoms with Crippen LogP contribution in [0.2, 0.25) is 0 Å². The number of piperazine rings is 3. The van der Waals surface area contributed by atoms with Crippen molar-refractivity contribution in [3.63, 3.8) is 0 Å². The molecule has 3 aliphatic heterocycles. The molecule has 8 nitrogen and oxygen atoms in total. The van der Waals surface area contributed by atoms with E-state index in [1.54, 1.807) is 0 Å². The van der Waals surface area contributed by atoms with Gasteiger partial charge in [-0.25, -0.2) is 0 Å². The Morgan fingerprint density at radius 1 is 0.500 bits per heavy atom. The van der Waals surface area contributed by atoms with E-state index in [9.17, 15) is 9.59 Å². The highest BCUT2D eigenvalue weighted by Gasteiger charge is 2.21. The van der Waals surface area contributed by atoms with Crippen LogP contribution in [0.3, 0.4) is 0 Å². The minimum absolute atomic E-state index is 0.205. The lowest BCUT2D eigenvalue weighted by Gasteiger charge is -2.37. The highest BCUT2D eigenvalue weighted by Crippen LogP contribution is 2.22. The molecule has 8 heteroatoms. The number of anilines is 2. The largest absolute Gasteiger partial charge is 0.368 e. The summed E-state index contributed by atoms with van der Waals surface area (Å²) in [7, 11) is 4.26. The Kier molecular flexibility index (Phi) is 8.74. The minimum Gasteiger partial charge on any atom is -0.368 e. The molecule has 0 N–H and O–H groups in total. The number of likely N-dealkylation sites (N-methyl/N-ethyl adjacent to an activating group) is 2. The van der Waals surface area contributed by atoms with E-state index in [0.29, 0.717) is 13.1 Å². The van der Waals surface area contributed by atoms with Crippen LogP contribution < -0.4 is 9.80 Å². The Labute approximate surface area is 227 Å². The monoisotopic (exact) mass is 518 g/mol. The summed E-state index contributed by atoms with van der Waals surface area (Å²) >= 11 is 0. The van der Waals surface area contributed by atoms with Gasteiger partial charge in [0.2, 0.25) is 0 Å². The van der Waals surface area contributed by atoms with E-state index in [-0.39, 0.29) is 11.6 Å². The molecular formula is C30H42N6O2. The zero-order chi connectivity index (χ0) is 26.5. The summed E-state index contributed by atoms with van der Waals surface area (Å²) in [6.07, 6.45) is 0. The Hall–Kier alpha value is -2.78. The van der Waals surface area contributed by atoms with Crippen LogP contribution in [0.1, 0.15) is 20.7 Å². The van der Waals surface area contributed by atoms with Gasteiger partial charge in [0.05, 0.1) is 13.1 Å². The molecule has 0 amide bonds. The number of hydrogen-bond donors (Lipinski definition) is 0. The van der Waals surface area contributed by atoms with Crippen LogP contribution in [0.4, 0.5) is 11.4 Å². The second-order valence-corrected chi connectivity index (χ2v) is 11.1.